The summed E-state index contributed by atoms with van der Waals surface area (Å²) in [5.41, 5.74) is 7.07. The van der Waals surface area contributed by atoms with E-state index in [-0.39, 0.29) is 17.6 Å². The monoisotopic (exact) mass is 250 g/mol. The van der Waals surface area contributed by atoms with Crippen molar-refractivity contribution >= 4 is 17.3 Å². The maximum atomic E-state index is 11.3. The molecule has 0 aromatic heterocycles. The number of rotatable bonds is 2. The fourth-order valence-corrected chi connectivity index (χ4v) is 2.43. The summed E-state index contributed by atoms with van der Waals surface area (Å²) in [5.74, 6) is -0.955. The molecule has 18 heavy (non-hydrogen) atoms. The van der Waals surface area contributed by atoms with E-state index in [9.17, 15) is 9.90 Å². The maximum Gasteiger partial charge on any atom is 0.337 e. The third-order valence-electron chi connectivity index (χ3n) is 3.20. The van der Waals surface area contributed by atoms with Crippen molar-refractivity contribution in [1.29, 1.82) is 0 Å². The number of carboxylic acids is 1. The highest BCUT2D eigenvalue weighted by molar-refractivity contribution is 5.95. The molecule has 1 heterocycles. The normalized spacial score (nSPS) is 24.0. The minimum Gasteiger partial charge on any atom is -0.478 e. The topological polar surface area (TPSA) is 75.8 Å². The fourth-order valence-electron chi connectivity index (χ4n) is 2.43. The first-order chi connectivity index (χ1) is 8.50. The second kappa shape index (κ2) is 4.86. The van der Waals surface area contributed by atoms with Crippen molar-refractivity contribution in [3.05, 3.63) is 23.8 Å². The predicted molar refractivity (Wildman–Crippen MR) is 70.0 cm³/mol. The van der Waals surface area contributed by atoms with E-state index in [0.717, 1.165) is 0 Å². The molecule has 0 saturated carbocycles. The smallest absolute Gasteiger partial charge is 0.337 e. The van der Waals surface area contributed by atoms with Crippen LogP contribution in [0.1, 0.15) is 24.2 Å². The molecule has 5 nitrogen and oxygen atoms in total. The van der Waals surface area contributed by atoms with Crippen molar-refractivity contribution in [2.45, 2.75) is 25.9 Å². The molecular formula is C13H18N2O3. The molecule has 0 amide bonds. The van der Waals surface area contributed by atoms with Gasteiger partial charge in [0.15, 0.2) is 0 Å². The van der Waals surface area contributed by atoms with E-state index in [1.807, 2.05) is 13.8 Å². The molecule has 5 heteroatoms. The van der Waals surface area contributed by atoms with Gasteiger partial charge in [0.2, 0.25) is 0 Å². The van der Waals surface area contributed by atoms with Gasteiger partial charge in [0.1, 0.15) is 0 Å². The average Bonchev–Trinajstić information content (AvgIpc) is 2.30. The first-order valence-electron chi connectivity index (χ1n) is 5.99. The van der Waals surface area contributed by atoms with Crippen molar-refractivity contribution in [2.24, 2.45) is 0 Å². The molecule has 0 spiro atoms. The minimum atomic E-state index is -0.955. The number of hydrogen-bond donors (Lipinski definition) is 2. The number of morpholine rings is 1. The Hall–Kier alpha value is -1.75. The molecule has 98 valence electrons. The van der Waals surface area contributed by atoms with E-state index in [1.165, 1.54) is 6.07 Å². The van der Waals surface area contributed by atoms with Crippen LogP contribution in [0.2, 0.25) is 0 Å². The standard InChI is InChI=1S/C13H18N2O3/c1-8-6-18-7-9(2)15(8)12-4-3-10(14)5-11(12)13(16)17/h3-5,8-9H,6-7,14H2,1-2H3,(H,16,17). The zero-order chi connectivity index (χ0) is 13.3. The average molecular weight is 250 g/mol. The number of carbonyl (C=O) groups is 1. The van der Waals surface area contributed by atoms with Gasteiger partial charge in [-0.3, -0.25) is 0 Å². The Morgan fingerprint density at radius 1 is 1.39 bits per heavy atom. The van der Waals surface area contributed by atoms with E-state index in [4.69, 9.17) is 10.5 Å². The molecule has 0 radical (unpaired) electrons. The van der Waals surface area contributed by atoms with Crippen LogP contribution in [0.5, 0.6) is 0 Å². The third-order valence-corrected chi connectivity index (χ3v) is 3.20. The highest BCUT2D eigenvalue weighted by atomic mass is 16.5. The Kier molecular flexibility index (Phi) is 3.43. The Morgan fingerprint density at radius 3 is 2.56 bits per heavy atom. The zero-order valence-electron chi connectivity index (χ0n) is 10.6. The molecule has 2 atom stereocenters. The first kappa shape index (κ1) is 12.7. The molecule has 1 aliphatic heterocycles. The lowest BCUT2D eigenvalue weighted by Crippen LogP contribution is -2.50. The summed E-state index contributed by atoms with van der Waals surface area (Å²) >= 11 is 0. The molecule has 1 fully saturated rings. The maximum absolute atomic E-state index is 11.3. The summed E-state index contributed by atoms with van der Waals surface area (Å²) in [5, 5.41) is 9.28. The molecule has 0 bridgehead atoms. The number of carboxylic acid groups (broad SMARTS) is 1. The van der Waals surface area contributed by atoms with E-state index in [0.29, 0.717) is 24.6 Å². The van der Waals surface area contributed by atoms with Crippen LogP contribution in [-0.4, -0.2) is 36.4 Å². The van der Waals surface area contributed by atoms with Crippen molar-refractivity contribution in [1.82, 2.24) is 0 Å². The van der Waals surface area contributed by atoms with Gasteiger partial charge in [-0.05, 0) is 32.0 Å². The summed E-state index contributed by atoms with van der Waals surface area (Å²) in [6.07, 6.45) is 0. The number of nitrogens with two attached hydrogens (primary N) is 1. The van der Waals surface area contributed by atoms with Gasteiger partial charge >= 0.3 is 5.97 Å². The molecule has 0 aliphatic carbocycles. The third kappa shape index (κ3) is 2.26. The van der Waals surface area contributed by atoms with Crippen LogP contribution in [0, 0.1) is 0 Å². The highest BCUT2D eigenvalue weighted by Gasteiger charge is 2.28. The molecule has 1 aromatic carbocycles. The van der Waals surface area contributed by atoms with Gasteiger partial charge in [-0.2, -0.15) is 0 Å². The van der Waals surface area contributed by atoms with Gasteiger partial charge in [-0.1, -0.05) is 0 Å². The highest BCUT2D eigenvalue weighted by Crippen LogP contribution is 2.29. The van der Waals surface area contributed by atoms with Crippen molar-refractivity contribution in [3.8, 4) is 0 Å². The molecule has 1 aliphatic rings. The number of anilines is 2. The first-order valence-corrected chi connectivity index (χ1v) is 5.99. The van der Waals surface area contributed by atoms with Crippen LogP contribution in [0.4, 0.5) is 11.4 Å². The van der Waals surface area contributed by atoms with Gasteiger partial charge in [0.05, 0.1) is 24.5 Å². The van der Waals surface area contributed by atoms with Crippen molar-refractivity contribution in [3.63, 3.8) is 0 Å². The number of aromatic carboxylic acids is 1. The second-order valence-corrected chi connectivity index (χ2v) is 4.72. The molecule has 2 unspecified atom stereocenters. The van der Waals surface area contributed by atoms with Crippen molar-refractivity contribution in [2.75, 3.05) is 23.8 Å². The molecule has 3 N–H and O–H groups in total. The quantitative estimate of drug-likeness (QED) is 0.779. The molecule has 2 rings (SSSR count). The number of nitrogen functional groups attached to an aromatic ring is 1. The van der Waals surface area contributed by atoms with Gasteiger partial charge in [0, 0.05) is 17.8 Å². The molecule has 1 aromatic rings. The molecular weight excluding hydrogens is 232 g/mol. The number of ether oxygens (including phenoxy) is 1. The fraction of sp³-hybridized carbons (Fsp3) is 0.462. The summed E-state index contributed by atoms with van der Waals surface area (Å²) in [7, 11) is 0. The van der Waals surface area contributed by atoms with E-state index in [1.54, 1.807) is 12.1 Å². The van der Waals surface area contributed by atoms with Gasteiger partial charge in [0.25, 0.3) is 0 Å². The predicted octanol–water partition coefficient (Wildman–Crippen LogP) is 1.58. The summed E-state index contributed by atoms with van der Waals surface area (Å²) in [6, 6.07) is 5.31. The number of nitrogens with zero attached hydrogens (tertiary/aromatic N) is 1. The van der Waals surface area contributed by atoms with E-state index >= 15 is 0 Å². The lowest BCUT2D eigenvalue weighted by atomic mass is 10.1. The van der Waals surface area contributed by atoms with Gasteiger partial charge in [-0.15, -0.1) is 0 Å². The lowest BCUT2D eigenvalue weighted by Gasteiger charge is -2.41. The summed E-state index contributed by atoms with van der Waals surface area (Å²) < 4.78 is 5.46. The van der Waals surface area contributed by atoms with Crippen LogP contribution in [0.3, 0.4) is 0 Å². The van der Waals surface area contributed by atoms with Crippen LogP contribution in [0.15, 0.2) is 18.2 Å². The van der Waals surface area contributed by atoms with Crippen molar-refractivity contribution < 1.29 is 14.6 Å². The Balaban J connectivity index is 2.45. The van der Waals surface area contributed by atoms with Crippen LogP contribution in [0.25, 0.3) is 0 Å². The van der Waals surface area contributed by atoms with Crippen LogP contribution >= 0.6 is 0 Å². The van der Waals surface area contributed by atoms with E-state index < -0.39 is 5.97 Å². The number of hydrogen-bond acceptors (Lipinski definition) is 4. The lowest BCUT2D eigenvalue weighted by molar-refractivity contribution is 0.0684. The van der Waals surface area contributed by atoms with Gasteiger partial charge < -0.3 is 20.5 Å². The largest absolute Gasteiger partial charge is 0.478 e. The molecule has 1 saturated heterocycles. The van der Waals surface area contributed by atoms with E-state index in [2.05, 4.69) is 4.90 Å². The van der Waals surface area contributed by atoms with Crippen LogP contribution in [-0.2, 0) is 4.74 Å². The zero-order valence-corrected chi connectivity index (χ0v) is 10.6. The second-order valence-electron chi connectivity index (χ2n) is 4.72. The summed E-state index contributed by atoms with van der Waals surface area (Å²) in [6.45, 7) is 5.26. The SMILES string of the molecule is CC1COCC(C)N1c1ccc(N)cc1C(=O)O. The minimum absolute atomic E-state index is 0.149. The Labute approximate surface area is 106 Å². The van der Waals surface area contributed by atoms with Gasteiger partial charge in [-0.25, -0.2) is 4.79 Å². The Morgan fingerprint density at radius 2 is 2.00 bits per heavy atom. The number of benzene rings is 1. The Bertz CT molecular complexity index is 452. The summed E-state index contributed by atoms with van der Waals surface area (Å²) in [4.78, 5) is 13.4. The van der Waals surface area contributed by atoms with Crippen LogP contribution < -0.4 is 10.6 Å².